The zero-order valence-electron chi connectivity index (χ0n) is 13.3. The molecule has 0 saturated heterocycles. The molecule has 1 amide bonds. The second-order valence-electron chi connectivity index (χ2n) is 5.50. The van der Waals surface area contributed by atoms with E-state index in [-0.39, 0.29) is 22.6 Å². The number of rotatable bonds is 6. The average molecular weight is 352 g/mol. The summed E-state index contributed by atoms with van der Waals surface area (Å²) in [6.45, 7) is 5.71. The molecule has 5 nitrogen and oxygen atoms in total. The Morgan fingerprint density at radius 2 is 1.96 bits per heavy atom. The van der Waals surface area contributed by atoms with E-state index in [1.54, 1.807) is 11.4 Å². The van der Waals surface area contributed by atoms with Crippen molar-refractivity contribution in [3.63, 3.8) is 0 Å². The van der Waals surface area contributed by atoms with Gasteiger partial charge >= 0.3 is 0 Å². The molecule has 2 rings (SSSR count). The summed E-state index contributed by atoms with van der Waals surface area (Å²) in [5, 5.41) is 4.49. The van der Waals surface area contributed by atoms with Crippen molar-refractivity contribution in [2.24, 2.45) is 0 Å². The van der Waals surface area contributed by atoms with Crippen molar-refractivity contribution in [2.45, 2.75) is 30.9 Å². The van der Waals surface area contributed by atoms with Gasteiger partial charge in [-0.05, 0) is 35.4 Å². The van der Waals surface area contributed by atoms with Crippen molar-refractivity contribution < 1.29 is 13.2 Å². The van der Waals surface area contributed by atoms with E-state index in [0.29, 0.717) is 0 Å². The number of benzene rings is 1. The van der Waals surface area contributed by atoms with Crippen LogP contribution < -0.4 is 10.0 Å². The van der Waals surface area contributed by atoms with Gasteiger partial charge in [-0.1, -0.05) is 38.1 Å². The molecule has 0 saturated carbocycles. The van der Waals surface area contributed by atoms with Gasteiger partial charge in [-0.3, -0.25) is 4.79 Å². The number of carbonyl (C=O) groups is 1. The summed E-state index contributed by atoms with van der Waals surface area (Å²) in [4.78, 5) is 12.1. The number of hydrogen-bond acceptors (Lipinski definition) is 4. The molecule has 0 radical (unpaired) electrons. The zero-order valence-corrected chi connectivity index (χ0v) is 14.9. The highest BCUT2D eigenvalue weighted by Gasteiger charge is 2.17. The molecule has 0 aliphatic carbocycles. The topological polar surface area (TPSA) is 75.3 Å². The van der Waals surface area contributed by atoms with E-state index in [1.165, 1.54) is 6.07 Å². The summed E-state index contributed by atoms with van der Waals surface area (Å²) in [6, 6.07) is 8.98. The summed E-state index contributed by atoms with van der Waals surface area (Å²) in [7, 11) is -3.63. The molecule has 2 N–H and O–H groups in total. The van der Waals surface area contributed by atoms with E-state index in [2.05, 4.69) is 10.0 Å². The molecule has 1 aromatic carbocycles. The fourth-order valence-electron chi connectivity index (χ4n) is 2.17. The minimum atomic E-state index is -3.63. The van der Waals surface area contributed by atoms with Crippen molar-refractivity contribution in [2.75, 3.05) is 11.9 Å². The van der Waals surface area contributed by atoms with Crippen LogP contribution in [0.1, 0.15) is 30.9 Å². The van der Waals surface area contributed by atoms with Crippen molar-refractivity contribution in [1.29, 1.82) is 0 Å². The average Bonchev–Trinajstić information content (AvgIpc) is 3.02. The third kappa shape index (κ3) is 4.40. The van der Waals surface area contributed by atoms with Crippen LogP contribution in [0.4, 0.5) is 5.69 Å². The number of para-hydroxylation sites is 1. The van der Waals surface area contributed by atoms with Gasteiger partial charge in [0.15, 0.2) is 0 Å². The van der Waals surface area contributed by atoms with E-state index in [0.717, 1.165) is 28.2 Å². The molecule has 0 atom stereocenters. The monoisotopic (exact) mass is 352 g/mol. The molecule has 2 aromatic rings. The van der Waals surface area contributed by atoms with Crippen LogP contribution in [0, 0.1) is 6.92 Å². The fourth-order valence-corrected chi connectivity index (χ4v) is 4.19. The minimum Gasteiger partial charge on any atom is -0.324 e. The van der Waals surface area contributed by atoms with Gasteiger partial charge in [0.25, 0.3) is 10.0 Å². The fraction of sp³-hybridized carbons (Fsp3) is 0.312. The van der Waals surface area contributed by atoms with Crippen molar-refractivity contribution in [3.8, 4) is 0 Å². The maximum atomic E-state index is 12.1. The van der Waals surface area contributed by atoms with Crippen LogP contribution in [0.15, 0.2) is 39.9 Å². The lowest BCUT2D eigenvalue weighted by molar-refractivity contribution is -0.115. The highest BCUT2D eigenvalue weighted by Crippen LogP contribution is 2.27. The van der Waals surface area contributed by atoms with Crippen LogP contribution in [-0.4, -0.2) is 20.9 Å². The van der Waals surface area contributed by atoms with Crippen molar-refractivity contribution in [3.05, 3.63) is 46.8 Å². The molecule has 0 aliphatic rings. The smallest absolute Gasteiger partial charge is 0.250 e. The van der Waals surface area contributed by atoms with Gasteiger partial charge in [0.05, 0.1) is 6.54 Å². The van der Waals surface area contributed by atoms with Crippen LogP contribution in [-0.2, 0) is 14.8 Å². The first kappa shape index (κ1) is 17.7. The number of aryl methyl sites for hydroxylation is 1. The second kappa shape index (κ2) is 7.25. The van der Waals surface area contributed by atoms with Gasteiger partial charge < -0.3 is 5.32 Å². The summed E-state index contributed by atoms with van der Waals surface area (Å²) in [6.07, 6.45) is 0. The first-order valence-electron chi connectivity index (χ1n) is 7.24. The van der Waals surface area contributed by atoms with Gasteiger partial charge in [-0.25, -0.2) is 13.1 Å². The lowest BCUT2D eigenvalue weighted by atomic mass is 9.98. The lowest BCUT2D eigenvalue weighted by Gasteiger charge is -2.16. The van der Waals surface area contributed by atoms with Gasteiger partial charge in [0.2, 0.25) is 5.91 Å². The summed E-state index contributed by atoms with van der Waals surface area (Å²) in [5.74, 6) is -0.130. The van der Waals surface area contributed by atoms with E-state index in [1.807, 2.05) is 39.0 Å². The number of hydrogen-bond donors (Lipinski definition) is 2. The largest absolute Gasteiger partial charge is 0.324 e. The highest BCUT2D eigenvalue weighted by atomic mass is 32.2. The molecule has 0 spiro atoms. The van der Waals surface area contributed by atoms with Gasteiger partial charge in [-0.15, -0.1) is 11.3 Å². The standard InChI is InChI=1S/C16H20N2O3S2/c1-11(2)13-7-4-6-12(3)16(13)18-14(19)10-17-23(20,21)15-8-5-9-22-15/h4-9,11,17H,10H2,1-3H3,(H,18,19). The van der Waals surface area contributed by atoms with E-state index in [9.17, 15) is 13.2 Å². The van der Waals surface area contributed by atoms with Crippen LogP contribution in [0.3, 0.4) is 0 Å². The van der Waals surface area contributed by atoms with Crippen LogP contribution in [0.25, 0.3) is 0 Å². The number of anilines is 1. The van der Waals surface area contributed by atoms with Crippen LogP contribution >= 0.6 is 11.3 Å². The molecule has 0 aliphatic heterocycles. The molecule has 124 valence electrons. The first-order chi connectivity index (χ1) is 10.8. The number of nitrogens with one attached hydrogen (secondary N) is 2. The SMILES string of the molecule is Cc1cccc(C(C)C)c1NC(=O)CNS(=O)(=O)c1cccs1. The highest BCUT2D eigenvalue weighted by molar-refractivity contribution is 7.91. The Hall–Kier alpha value is -1.70. The summed E-state index contributed by atoms with van der Waals surface area (Å²) >= 11 is 1.11. The Balaban J connectivity index is 2.07. The van der Waals surface area contributed by atoms with Crippen LogP contribution in [0.5, 0.6) is 0 Å². The third-order valence-corrected chi connectivity index (χ3v) is 6.17. The normalized spacial score (nSPS) is 11.7. The number of thiophene rings is 1. The Kier molecular flexibility index (Phi) is 5.56. The Bertz CT molecular complexity index is 782. The molecular formula is C16H20N2O3S2. The Morgan fingerprint density at radius 1 is 1.22 bits per heavy atom. The molecule has 23 heavy (non-hydrogen) atoms. The van der Waals surface area contributed by atoms with Crippen molar-refractivity contribution >= 4 is 33.0 Å². The van der Waals surface area contributed by atoms with Crippen molar-refractivity contribution in [1.82, 2.24) is 4.72 Å². The molecule has 1 aromatic heterocycles. The van der Waals surface area contributed by atoms with Crippen LogP contribution in [0.2, 0.25) is 0 Å². The van der Waals surface area contributed by atoms with E-state index < -0.39 is 10.0 Å². The lowest BCUT2D eigenvalue weighted by Crippen LogP contribution is -2.32. The zero-order chi connectivity index (χ0) is 17.0. The predicted molar refractivity (Wildman–Crippen MR) is 93.4 cm³/mol. The Labute approximate surface area is 140 Å². The van der Waals surface area contributed by atoms with Gasteiger partial charge in [-0.2, -0.15) is 0 Å². The van der Waals surface area contributed by atoms with Gasteiger partial charge in [0.1, 0.15) is 4.21 Å². The second-order valence-corrected chi connectivity index (χ2v) is 8.44. The molecule has 0 unspecified atom stereocenters. The van der Waals surface area contributed by atoms with E-state index in [4.69, 9.17) is 0 Å². The number of amides is 1. The number of sulfonamides is 1. The molecule has 0 bridgehead atoms. The third-order valence-electron chi connectivity index (χ3n) is 3.37. The first-order valence-corrected chi connectivity index (χ1v) is 9.60. The minimum absolute atomic E-state index is 0.198. The molecule has 0 fully saturated rings. The maximum absolute atomic E-state index is 12.1. The number of carbonyl (C=O) groups excluding carboxylic acids is 1. The predicted octanol–water partition coefficient (Wildman–Crippen LogP) is 3.10. The quantitative estimate of drug-likeness (QED) is 0.839. The maximum Gasteiger partial charge on any atom is 0.250 e. The van der Waals surface area contributed by atoms with Gasteiger partial charge in [0, 0.05) is 5.69 Å². The molecule has 1 heterocycles. The molecular weight excluding hydrogens is 332 g/mol. The Morgan fingerprint density at radius 3 is 2.57 bits per heavy atom. The summed E-state index contributed by atoms with van der Waals surface area (Å²) in [5.41, 5.74) is 2.73. The summed E-state index contributed by atoms with van der Waals surface area (Å²) < 4.78 is 26.5. The van der Waals surface area contributed by atoms with E-state index >= 15 is 0 Å². The molecule has 7 heteroatoms.